The molecule has 20 heavy (non-hydrogen) atoms. The Bertz CT molecular complexity index is 514. The molecule has 2 heterocycles. The minimum Gasteiger partial charge on any atom is -0.353 e. The van der Waals surface area contributed by atoms with Crippen molar-refractivity contribution in [3.8, 4) is 0 Å². The topological polar surface area (TPSA) is 36.4 Å². The Balaban J connectivity index is 1.58. The molecule has 106 valence electrons. The fourth-order valence-corrected chi connectivity index (χ4v) is 3.13. The zero-order valence-corrected chi connectivity index (χ0v) is 11.8. The van der Waals surface area contributed by atoms with Crippen LogP contribution in [0.15, 0.2) is 12.3 Å². The second-order valence-corrected chi connectivity index (χ2v) is 6.36. The molecular formula is C16H21N3O. The summed E-state index contributed by atoms with van der Waals surface area (Å²) >= 11 is 0. The molecule has 0 unspecified atom stereocenters. The Morgan fingerprint density at radius 2 is 1.75 bits per heavy atom. The molecule has 4 nitrogen and oxygen atoms in total. The number of pyridine rings is 1. The average molecular weight is 271 g/mol. The first-order valence-electron chi connectivity index (χ1n) is 7.79. The summed E-state index contributed by atoms with van der Waals surface area (Å²) in [6, 6.07) is 2.42. The van der Waals surface area contributed by atoms with Crippen LogP contribution in [0.25, 0.3) is 0 Å². The molecule has 3 fully saturated rings. The molecule has 0 spiro atoms. The van der Waals surface area contributed by atoms with E-state index in [1.54, 1.807) is 0 Å². The molecule has 2 aliphatic carbocycles. The minimum absolute atomic E-state index is 0.736. The predicted molar refractivity (Wildman–Crippen MR) is 78.0 cm³/mol. The fraction of sp³-hybridized carbons (Fsp3) is 0.625. The van der Waals surface area contributed by atoms with Crippen LogP contribution in [-0.2, 0) is 4.79 Å². The number of carbonyl (C=O) groups is 1. The minimum atomic E-state index is 0.736. The highest BCUT2D eigenvalue weighted by Gasteiger charge is 2.32. The van der Waals surface area contributed by atoms with Gasteiger partial charge in [0.15, 0.2) is 0 Å². The Morgan fingerprint density at radius 1 is 1.05 bits per heavy atom. The molecule has 1 aromatic rings. The first-order valence-corrected chi connectivity index (χ1v) is 7.79. The summed E-state index contributed by atoms with van der Waals surface area (Å²) in [7, 11) is 0. The molecule has 4 rings (SSSR count). The standard InChI is InChI=1S/C16H21N3O/c20-11-18-5-7-19(8-6-18)16-15(13-3-4-13)9-14(10-17-16)12-1-2-12/h9-13H,1-8H2. The third-order valence-electron chi connectivity index (χ3n) is 4.75. The van der Waals surface area contributed by atoms with Gasteiger partial charge in [-0.25, -0.2) is 4.98 Å². The van der Waals surface area contributed by atoms with Crippen LogP contribution < -0.4 is 4.90 Å². The van der Waals surface area contributed by atoms with Crippen molar-refractivity contribution in [2.45, 2.75) is 37.5 Å². The van der Waals surface area contributed by atoms with Crippen molar-refractivity contribution in [3.05, 3.63) is 23.4 Å². The number of amides is 1. The summed E-state index contributed by atoms with van der Waals surface area (Å²) in [4.78, 5) is 19.8. The highest BCUT2D eigenvalue weighted by molar-refractivity contribution is 5.54. The number of anilines is 1. The van der Waals surface area contributed by atoms with Crippen LogP contribution in [0.3, 0.4) is 0 Å². The van der Waals surface area contributed by atoms with E-state index in [1.165, 1.54) is 42.6 Å². The maximum absolute atomic E-state index is 10.8. The van der Waals surface area contributed by atoms with Crippen LogP contribution in [0.5, 0.6) is 0 Å². The van der Waals surface area contributed by atoms with E-state index in [0.717, 1.165) is 44.4 Å². The molecule has 0 atom stereocenters. The number of piperazine rings is 1. The van der Waals surface area contributed by atoms with E-state index in [0.29, 0.717) is 0 Å². The van der Waals surface area contributed by atoms with Gasteiger partial charge in [0.25, 0.3) is 0 Å². The zero-order chi connectivity index (χ0) is 13.5. The first kappa shape index (κ1) is 12.2. The maximum Gasteiger partial charge on any atom is 0.209 e. The summed E-state index contributed by atoms with van der Waals surface area (Å²) in [6.07, 6.45) is 8.36. The number of aromatic nitrogens is 1. The van der Waals surface area contributed by atoms with E-state index in [9.17, 15) is 4.79 Å². The monoisotopic (exact) mass is 271 g/mol. The number of carbonyl (C=O) groups excluding carboxylic acids is 1. The highest BCUT2D eigenvalue weighted by atomic mass is 16.1. The second kappa shape index (κ2) is 4.76. The second-order valence-electron chi connectivity index (χ2n) is 6.36. The fourth-order valence-electron chi connectivity index (χ4n) is 3.13. The molecule has 3 aliphatic rings. The van der Waals surface area contributed by atoms with Crippen LogP contribution in [0.4, 0.5) is 5.82 Å². The highest BCUT2D eigenvalue weighted by Crippen LogP contribution is 2.47. The van der Waals surface area contributed by atoms with Gasteiger partial charge in [-0.2, -0.15) is 0 Å². The van der Waals surface area contributed by atoms with Crippen molar-refractivity contribution in [2.75, 3.05) is 31.1 Å². The van der Waals surface area contributed by atoms with Crippen LogP contribution in [0, 0.1) is 0 Å². The van der Waals surface area contributed by atoms with Crippen LogP contribution in [0.2, 0.25) is 0 Å². The van der Waals surface area contributed by atoms with Gasteiger partial charge in [0.1, 0.15) is 5.82 Å². The lowest BCUT2D eigenvalue weighted by Crippen LogP contribution is -2.46. The Kier molecular flexibility index (Phi) is 2.90. The first-order chi connectivity index (χ1) is 9.85. The third-order valence-corrected chi connectivity index (χ3v) is 4.75. The summed E-state index contributed by atoms with van der Waals surface area (Å²) in [5.41, 5.74) is 2.91. The molecule has 0 bridgehead atoms. The molecule has 0 radical (unpaired) electrons. The average Bonchev–Trinajstić information content (AvgIpc) is 3.40. The van der Waals surface area contributed by atoms with Crippen LogP contribution in [0.1, 0.15) is 48.6 Å². The lowest BCUT2D eigenvalue weighted by atomic mass is 10.1. The van der Waals surface area contributed by atoms with E-state index in [1.807, 2.05) is 4.90 Å². The number of hydrogen-bond acceptors (Lipinski definition) is 3. The lowest BCUT2D eigenvalue weighted by molar-refractivity contribution is -0.118. The number of rotatable bonds is 4. The van der Waals surface area contributed by atoms with Crippen molar-refractivity contribution < 1.29 is 4.79 Å². The van der Waals surface area contributed by atoms with E-state index < -0.39 is 0 Å². The predicted octanol–water partition coefficient (Wildman–Crippen LogP) is 2.11. The van der Waals surface area contributed by atoms with E-state index in [-0.39, 0.29) is 0 Å². The molecule has 0 N–H and O–H groups in total. The van der Waals surface area contributed by atoms with Crippen molar-refractivity contribution in [1.29, 1.82) is 0 Å². The molecule has 0 aromatic carbocycles. The van der Waals surface area contributed by atoms with Gasteiger partial charge >= 0.3 is 0 Å². The summed E-state index contributed by atoms with van der Waals surface area (Å²) in [6.45, 7) is 3.46. The van der Waals surface area contributed by atoms with Crippen molar-refractivity contribution in [2.24, 2.45) is 0 Å². The van der Waals surface area contributed by atoms with Crippen LogP contribution in [-0.4, -0.2) is 42.5 Å². The molecule has 1 aliphatic heterocycles. The quantitative estimate of drug-likeness (QED) is 0.787. The van der Waals surface area contributed by atoms with E-state index in [4.69, 9.17) is 4.98 Å². The number of hydrogen-bond donors (Lipinski definition) is 0. The van der Waals surface area contributed by atoms with Gasteiger partial charge in [-0.05, 0) is 48.6 Å². The Morgan fingerprint density at radius 3 is 2.35 bits per heavy atom. The van der Waals surface area contributed by atoms with Crippen molar-refractivity contribution in [3.63, 3.8) is 0 Å². The van der Waals surface area contributed by atoms with Gasteiger partial charge < -0.3 is 9.80 Å². The molecular weight excluding hydrogens is 250 g/mol. The van der Waals surface area contributed by atoms with E-state index >= 15 is 0 Å². The molecule has 2 saturated carbocycles. The van der Waals surface area contributed by atoms with Crippen LogP contribution >= 0.6 is 0 Å². The Labute approximate surface area is 119 Å². The molecule has 1 amide bonds. The summed E-state index contributed by atoms with van der Waals surface area (Å²) in [5.74, 6) is 2.70. The molecule has 1 aromatic heterocycles. The summed E-state index contributed by atoms with van der Waals surface area (Å²) in [5, 5.41) is 0. The van der Waals surface area contributed by atoms with Gasteiger partial charge in [-0.1, -0.05) is 6.07 Å². The SMILES string of the molecule is O=CN1CCN(c2ncc(C3CC3)cc2C2CC2)CC1. The van der Waals surface area contributed by atoms with Gasteiger partial charge in [-0.3, -0.25) is 4.79 Å². The van der Waals surface area contributed by atoms with Gasteiger partial charge in [0.05, 0.1) is 0 Å². The lowest BCUT2D eigenvalue weighted by Gasteiger charge is -2.34. The van der Waals surface area contributed by atoms with E-state index in [2.05, 4.69) is 17.2 Å². The Hall–Kier alpha value is -1.58. The zero-order valence-electron chi connectivity index (χ0n) is 11.8. The molecule has 4 heteroatoms. The van der Waals surface area contributed by atoms with Gasteiger partial charge in [0.2, 0.25) is 6.41 Å². The molecule has 1 saturated heterocycles. The van der Waals surface area contributed by atoms with Crippen molar-refractivity contribution in [1.82, 2.24) is 9.88 Å². The van der Waals surface area contributed by atoms with Gasteiger partial charge in [-0.15, -0.1) is 0 Å². The largest absolute Gasteiger partial charge is 0.353 e. The summed E-state index contributed by atoms with van der Waals surface area (Å²) < 4.78 is 0. The third kappa shape index (κ3) is 2.28. The van der Waals surface area contributed by atoms with Gasteiger partial charge in [0, 0.05) is 32.4 Å². The smallest absolute Gasteiger partial charge is 0.209 e. The van der Waals surface area contributed by atoms with Crippen molar-refractivity contribution >= 4 is 12.2 Å². The maximum atomic E-state index is 10.8. The number of nitrogens with zero attached hydrogens (tertiary/aromatic N) is 3. The normalized spacial score (nSPS) is 23.0.